The van der Waals surface area contributed by atoms with Gasteiger partial charge >= 0.3 is 11.9 Å². The maximum atomic E-state index is 9.75. The van der Waals surface area contributed by atoms with Gasteiger partial charge in [0.2, 0.25) is 0 Å². The predicted octanol–water partition coefficient (Wildman–Crippen LogP) is 2.41. The Morgan fingerprint density at radius 1 is 0.750 bits per heavy atom. The van der Waals surface area contributed by atoms with Crippen molar-refractivity contribution < 1.29 is 19.8 Å². The maximum absolute atomic E-state index is 9.75. The third-order valence-electron chi connectivity index (χ3n) is 1.08. The van der Waals surface area contributed by atoms with E-state index in [1.54, 1.807) is 24.3 Å². The van der Waals surface area contributed by atoms with Crippen molar-refractivity contribution >= 4 is 11.9 Å². The van der Waals surface area contributed by atoms with Crippen molar-refractivity contribution in [2.45, 2.75) is 13.8 Å². The maximum Gasteiger partial charge on any atom is 0.328 e. The van der Waals surface area contributed by atoms with Gasteiger partial charge in [0.05, 0.1) is 0 Å². The summed E-state index contributed by atoms with van der Waals surface area (Å²) in [6.45, 7) is 3.65. The fourth-order valence-electron chi connectivity index (χ4n) is 0.498. The molecule has 0 rings (SSSR count). The van der Waals surface area contributed by atoms with Crippen LogP contribution in [0.2, 0.25) is 0 Å². The minimum Gasteiger partial charge on any atom is -0.478 e. The van der Waals surface area contributed by atoms with Crippen LogP contribution in [0, 0.1) is 0 Å². The van der Waals surface area contributed by atoms with Crippen LogP contribution < -0.4 is 0 Å². The summed E-state index contributed by atoms with van der Waals surface area (Å²) in [6, 6.07) is 0. The molecule has 0 spiro atoms. The van der Waals surface area contributed by atoms with Gasteiger partial charge in [-0.15, -0.1) is 0 Å². The zero-order valence-electron chi connectivity index (χ0n) is 9.33. The van der Waals surface area contributed by atoms with Gasteiger partial charge < -0.3 is 10.2 Å². The fraction of sp³-hybridized carbons (Fsp3) is 0.167. The van der Waals surface area contributed by atoms with E-state index < -0.39 is 11.9 Å². The first-order valence-electron chi connectivity index (χ1n) is 4.59. The topological polar surface area (TPSA) is 74.6 Å². The summed E-state index contributed by atoms with van der Waals surface area (Å²) in [5.74, 6) is -1.83. The van der Waals surface area contributed by atoms with Crippen LogP contribution in [0.5, 0.6) is 0 Å². The molecule has 0 saturated carbocycles. The Hall–Kier alpha value is -2.10. The molecule has 16 heavy (non-hydrogen) atoms. The number of allylic oxidation sites excluding steroid dienone is 6. The number of carboxylic acid groups (broad SMARTS) is 2. The van der Waals surface area contributed by atoms with Gasteiger partial charge in [0.25, 0.3) is 0 Å². The Labute approximate surface area is 94.9 Å². The van der Waals surface area contributed by atoms with Gasteiger partial charge in [-0.1, -0.05) is 36.5 Å². The molecule has 88 valence electrons. The molecule has 0 aliphatic heterocycles. The first-order chi connectivity index (χ1) is 7.54. The lowest BCUT2D eigenvalue weighted by atomic mass is 10.4. The standard InChI is InChI=1S/2C6H8O2/c2*1-2-3-4-5-6(7)8/h2*2-5H,1H3,(H,7,8). The second kappa shape index (κ2) is 12.9. The molecule has 2 N–H and O–H groups in total. The van der Waals surface area contributed by atoms with Crippen LogP contribution in [0.3, 0.4) is 0 Å². The zero-order valence-corrected chi connectivity index (χ0v) is 9.33. The van der Waals surface area contributed by atoms with E-state index in [1.165, 1.54) is 12.2 Å². The Bertz CT molecular complexity index is 277. The number of carboxylic acids is 2. The third kappa shape index (κ3) is 22.7. The second-order valence-electron chi connectivity index (χ2n) is 2.45. The molecule has 0 bridgehead atoms. The molecule has 0 atom stereocenters. The summed E-state index contributed by atoms with van der Waals surface area (Å²) in [5.41, 5.74) is 0. The predicted molar refractivity (Wildman–Crippen MR) is 63.2 cm³/mol. The molecular weight excluding hydrogens is 208 g/mol. The highest BCUT2D eigenvalue weighted by Crippen LogP contribution is 1.75. The monoisotopic (exact) mass is 224 g/mol. The minimum absolute atomic E-state index is 0.914. The van der Waals surface area contributed by atoms with E-state index >= 15 is 0 Å². The van der Waals surface area contributed by atoms with Crippen LogP contribution in [0.15, 0.2) is 48.6 Å². The summed E-state index contributed by atoms with van der Waals surface area (Å²) in [7, 11) is 0. The first kappa shape index (κ1) is 16.3. The summed E-state index contributed by atoms with van der Waals surface area (Å²) in [6.07, 6.45) is 12.0. The Morgan fingerprint density at radius 3 is 1.25 bits per heavy atom. The zero-order chi connectivity index (χ0) is 12.8. The first-order valence-corrected chi connectivity index (χ1v) is 4.59. The highest BCUT2D eigenvalue weighted by molar-refractivity contribution is 5.80. The molecule has 4 heteroatoms. The van der Waals surface area contributed by atoms with Crippen molar-refractivity contribution in [3.63, 3.8) is 0 Å². The van der Waals surface area contributed by atoms with E-state index in [9.17, 15) is 9.59 Å². The highest BCUT2D eigenvalue weighted by atomic mass is 16.4. The molecule has 0 fully saturated rings. The van der Waals surface area contributed by atoms with E-state index in [0.29, 0.717) is 0 Å². The SMILES string of the molecule is CC=CC=CC(=O)O.CC=CC=CC(=O)O. The van der Waals surface area contributed by atoms with Gasteiger partial charge in [-0.05, 0) is 13.8 Å². The van der Waals surface area contributed by atoms with Crippen LogP contribution in [0.1, 0.15) is 13.8 Å². The number of rotatable bonds is 4. The van der Waals surface area contributed by atoms with Crippen molar-refractivity contribution in [1.29, 1.82) is 0 Å². The van der Waals surface area contributed by atoms with Gasteiger partial charge in [-0.2, -0.15) is 0 Å². The molecule has 0 aromatic carbocycles. The summed E-state index contributed by atoms with van der Waals surface area (Å²) in [4.78, 5) is 19.5. The van der Waals surface area contributed by atoms with Gasteiger partial charge in [0.1, 0.15) is 0 Å². The van der Waals surface area contributed by atoms with Crippen LogP contribution in [0.4, 0.5) is 0 Å². The van der Waals surface area contributed by atoms with Crippen molar-refractivity contribution in [1.82, 2.24) is 0 Å². The van der Waals surface area contributed by atoms with E-state index in [0.717, 1.165) is 12.2 Å². The second-order valence-corrected chi connectivity index (χ2v) is 2.45. The van der Waals surface area contributed by atoms with Crippen LogP contribution in [-0.4, -0.2) is 22.2 Å². The molecule has 0 amide bonds. The largest absolute Gasteiger partial charge is 0.478 e. The lowest BCUT2D eigenvalue weighted by Gasteiger charge is -1.72. The summed E-state index contributed by atoms with van der Waals surface area (Å²) in [5, 5.41) is 16.0. The average molecular weight is 224 g/mol. The van der Waals surface area contributed by atoms with E-state index in [1.807, 2.05) is 13.8 Å². The molecular formula is C12H16O4. The number of hydrogen-bond donors (Lipinski definition) is 2. The molecule has 0 saturated heterocycles. The number of hydrogen-bond acceptors (Lipinski definition) is 2. The van der Waals surface area contributed by atoms with Crippen molar-refractivity contribution in [2.24, 2.45) is 0 Å². The Kier molecular flexibility index (Phi) is 13.2. The minimum atomic E-state index is -0.914. The van der Waals surface area contributed by atoms with Crippen molar-refractivity contribution in [2.75, 3.05) is 0 Å². The van der Waals surface area contributed by atoms with Crippen molar-refractivity contribution in [3.05, 3.63) is 48.6 Å². The normalized spacial score (nSPS) is 11.1. The smallest absolute Gasteiger partial charge is 0.328 e. The molecule has 0 aliphatic carbocycles. The average Bonchev–Trinajstić information content (AvgIpc) is 2.18. The van der Waals surface area contributed by atoms with Crippen molar-refractivity contribution in [3.8, 4) is 0 Å². The Morgan fingerprint density at radius 2 is 1.06 bits per heavy atom. The van der Waals surface area contributed by atoms with Gasteiger partial charge in [0.15, 0.2) is 0 Å². The van der Waals surface area contributed by atoms with E-state index in [-0.39, 0.29) is 0 Å². The quantitative estimate of drug-likeness (QED) is 0.568. The van der Waals surface area contributed by atoms with Gasteiger partial charge in [-0.25, -0.2) is 9.59 Å². The molecule has 0 aliphatic rings. The van der Waals surface area contributed by atoms with E-state index in [4.69, 9.17) is 10.2 Å². The molecule has 4 nitrogen and oxygen atoms in total. The lowest BCUT2D eigenvalue weighted by Crippen LogP contribution is -1.83. The van der Waals surface area contributed by atoms with E-state index in [2.05, 4.69) is 0 Å². The molecule has 0 aromatic rings. The van der Waals surface area contributed by atoms with Gasteiger partial charge in [0, 0.05) is 12.2 Å². The summed E-state index contributed by atoms with van der Waals surface area (Å²) >= 11 is 0. The molecule has 0 aromatic heterocycles. The number of carbonyl (C=O) groups is 2. The molecule has 0 radical (unpaired) electrons. The highest BCUT2D eigenvalue weighted by Gasteiger charge is 1.79. The fourth-order valence-corrected chi connectivity index (χ4v) is 0.498. The Balaban J connectivity index is 0. The third-order valence-corrected chi connectivity index (χ3v) is 1.08. The number of aliphatic carboxylic acids is 2. The summed E-state index contributed by atoms with van der Waals surface area (Å²) < 4.78 is 0. The lowest BCUT2D eigenvalue weighted by molar-refractivity contribution is -0.132. The molecule has 0 heterocycles. The van der Waals surface area contributed by atoms with Crippen LogP contribution >= 0.6 is 0 Å². The van der Waals surface area contributed by atoms with Gasteiger partial charge in [-0.3, -0.25) is 0 Å². The molecule has 0 unspecified atom stereocenters. The van der Waals surface area contributed by atoms with Crippen LogP contribution in [-0.2, 0) is 9.59 Å². The van der Waals surface area contributed by atoms with Crippen LogP contribution in [0.25, 0.3) is 0 Å².